The van der Waals surface area contributed by atoms with Crippen molar-refractivity contribution in [2.45, 2.75) is 19.1 Å². The third kappa shape index (κ3) is 5.75. The molecular formula is C24H18F4N6O3. The van der Waals surface area contributed by atoms with Crippen molar-refractivity contribution >= 4 is 29.3 Å². The van der Waals surface area contributed by atoms with Gasteiger partial charge < -0.3 is 10.5 Å². The topological polar surface area (TPSA) is 115 Å². The SMILES string of the molecule is Cc1cc(C(F)(F)F)cc(N2C(=O)OC[C@H]2C(=O)N(CC#Cc2ccc(N)nn2)c2ccc(F)cc2)n1. The molecule has 2 amide bonds. The Balaban J connectivity index is 1.68. The Morgan fingerprint density at radius 3 is 2.57 bits per heavy atom. The Bertz CT molecular complexity index is 1380. The molecule has 3 heterocycles. The molecule has 9 nitrogen and oxygen atoms in total. The zero-order valence-electron chi connectivity index (χ0n) is 19.2. The van der Waals surface area contributed by atoms with Gasteiger partial charge in [-0.1, -0.05) is 5.92 Å². The number of amides is 2. The van der Waals surface area contributed by atoms with Gasteiger partial charge in [0.25, 0.3) is 5.91 Å². The molecule has 3 aromatic rings. The van der Waals surface area contributed by atoms with Crippen LogP contribution in [0.5, 0.6) is 0 Å². The number of anilines is 3. The average molecular weight is 514 g/mol. The van der Waals surface area contributed by atoms with Gasteiger partial charge in [0.15, 0.2) is 6.04 Å². The summed E-state index contributed by atoms with van der Waals surface area (Å²) in [6, 6.07) is 8.05. The van der Waals surface area contributed by atoms with Gasteiger partial charge in [0.1, 0.15) is 29.8 Å². The fourth-order valence-corrected chi connectivity index (χ4v) is 3.51. The van der Waals surface area contributed by atoms with Crippen LogP contribution in [-0.4, -0.2) is 46.4 Å². The first-order chi connectivity index (χ1) is 17.5. The van der Waals surface area contributed by atoms with Crippen LogP contribution in [-0.2, 0) is 15.7 Å². The first-order valence-electron chi connectivity index (χ1n) is 10.7. The number of cyclic esters (lactones) is 1. The number of rotatable bonds is 4. The number of pyridine rings is 1. The smallest absolute Gasteiger partial charge is 0.416 e. The number of nitrogens with zero attached hydrogens (tertiary/aromatic N) is 5. The van der Waals surface area contributed by atoms with E-state index in [0.717, 1.165) is 28.0 Å². The molecule has 0 unspecified atom stereocenters. The largest absolute Gasteiger partial charge is 0.446 e. The van der Waals surface area contributed by atoms with Crippen molar-refractivity contribution in [2.75, 3.05) is 28.7 Å². The third-order valence-electron chi connectivity index (χ3n) is 5.22. The molecule has 1 fully saturated rings. The highest BCUT2D eigenvalue weighted by molar-refractivity contribution is 6.06. The second-order valence-corrected chi connectivity index (χ2v) is 7.86. The average Bonchev–Trinajstić information content (AvgIpc) is 3.24. The van der Waals surface area contributed by atoms with E-state index < -0.39 is 48.0 Å². The molecule has 13 heteroatoms. The standard InChI is InChI=1S/C24H18F4N6O3/c1-14-11-15(24(26,27)28)12-21(30-14)34-19(13-37-23(34)36)22(35)33(18-7-4-16(25)5-8-18)10-2-3-17-6-9-20(29)32-31-17/h4-9,11-12,19H,10,13H2,1H3,(H2,29,32)/t19-/m0/s1. The van der Waals surface area contributed by atoms with Crippen molar-refractivity contribution in [1.29, 1.82) is 0 Å². The van der Waals surface area contributed by atoms with Gasteiger partial charge in [0, 0.05) is 11.4 Å². The number of nitrogens with two attached hydrogens (primary N) is 1. The molecule has 0 saturated carbocycles. The molecule has 0 spiro atoms. The van der Waals surface area contributed by atoms with E-state index in [1.165, 1.54) is 31.2 Å². The normalized spacial score (nSPS) is 15.1. The van der Waals surface area contributed by atoms with Crippen molar-refractivity contribution in [3.8, 4) is 11.8 Å². The number of carbonyl (C=O) groups is 2. The minimum Gasteiger partial charge on any atom is -0.446 e. The van der Waals surface area contributed by atoms with Crippen LogP contribution in [0.4, 0.5) is 39.7 Å². The Labute approximate surface area is 207 Å². The summed E-state index contributed by atoms with van der Waals surface area (Å²) >= 11 is 0. The highest BCUT2D eigenvalue weighted by Crippen LogP contribution is 2.33. The third-order valence-corrected chi connectivity index (χ3v) is 5.22. The van der Waals surface area contributed by atoms with Crippen LogP contribution in [0.25, 0.3) is 0 Å². The zero-order chi connectivity index (χ0) is 26.7. The van der Waals surface area contributed by atoms with Gasteiger partial charge in [-0.3, -0.25) is 9.69 Å². The number of hydrogen-bond acceptors (Lipinski definition) is 7. The van der Waals surface area contributed by atoms with E-state index in [0.29, 0.717) is 6.07 Å². The second kappa shape index (κ2) is 10.1. The highest BCUT2D eigenvalue weighted by Gasteiger charge is 2.43. The molecular weight excluding hydrogens is 496 g/mol. The first kappa shape index (κ1) is 25.4. The lowest BCUT2D eigenvalue weighted by Gasteiger charge is -2.27. The predicted octanol–water partition coefficient (Wildman–Crippen LogP) is 3.33. The van der Waals surface area contributed by atoms with Crippen LogP contribution in [0.1, 0.15) is 17.0 Å². The summed E-state index contributed by atoms with van der Waals surface area (Å²) in [5.41, 5.74) is 4.95. The molecule has 0 bridgehead atoms. The molecule has 37 heavy (non-hydrogen) atoms. The van der Waals surface area contributed by atoms with Gasteiger partial charge in [-0.05, 0) is 61.4 Å². The molecule has 1 aliphatic heterocycles. The van der Waals surface area contributed by atoms with Crippen molar-refractivity contribution in [2.24, 2.45) is 0 Å². The number of carbonyl (C=O) groups excluding carboxylic acids is 2. The summed E-state index contributed by atoms with van der Waals surface area (Å²) in [6.07, 6.45) is -5.74. The number of ether oxygens (including phenoxy) is 1. The number of aromatic nitrogens is 3. The molecule has 1 aliphatic rings. The van der Waals surface area contributed by atoms with Crippen molar-refractivity contribution < 1.29 is 31.9 Å². The summed E-state index contributed by atoms with van der Waals surface area (Å²) in [5.74, 6) is 3.99. The molecule has 2 N–H and O–H groups in total. The molecule has 0 radical (unpaired) electrons. The lowest BCUT2D eigenvalue weighted by atomic mass is 10.1. The number of aryl methyl sites for hydroxylation is 1. The summed E-state index contributed by atoms with van der Waals surface area (Å²) in [5, 5.41) is 7.49. The van der Waals surface area contributed by atoms with E-state index >= 15 is 0 Å². The van der Waals surface area contributed by atoms with E-state index in [9.17, 15) is 27.2 Å². The minimum atomic E-state index is -4.70. The van der Waals surface area contributed by atoms with Gasteiger partial charge in [0.05, 0.1) is 12.1 Å². The van der Waals surface area contributed by atoms with Crippen molar-refractivity contribution in [3.63, 3.8) is 0 Å². The van der Waals surface area contributed by atoms with E-state index in [4.69, 9.17) is 10.5 Å². The predicted molar refractivity (Wildman–Crippen MR) is 124 cm³/mol. The molecule has 4 rings (SSSR count). The second-order valence-electron chi connectivity index (χ2n) is 7.86. The lowest BCUT2D eigenvalue weighted by molar-refractivity contribution is -0.137. The Morgan fingerprint density at radius 2 is 1.92 bits per heavy atom. The minimum absolute atomic E-state index is 0.0124. The number of halogens is 4. The molecule has 2 aromatic heterocycles. The molecule has 0 aliphatic carbocycles. The van der Waals surface area contributed by atoms with Crippen LogP contribution in [0.3, 0.4) is 0 Å². The summed E-state index contributed by atoms with van der Waals surface area (Å²) < 4.78 is 58.6. The monoisotopic (exact) mass is 514 g/mol. The van der Waals surface area contributed by atoms with Crippen LogP contribution in [0, 0.1) is 24.6 Å². The Hall–Kier alpha value is -4.73. The van der Waals surface area contributed by atoms with E-state index in [1.807, 2.05) is 0 Å². The zero-order valence-corrected chi connectivity index (χ0v) is 19.2. The number of alkyl halides is 3. The van der Waals surface area contributed by atoms with Crippen LogP contribution < -0.4 is 15.5 Å². The van der Waals surface area contributed by atoms with E-state index in [1.54, 1.807) is 0 Å². The molecule has 1 saturated heterocycles. The number of hydrogen-bond donors (Lipinski definition) is 1. The van der Waals surface area contributed by atoms with Gasteiger partial charge in [-0.15, -0.1) is 10.2 Å². The van der Waals surface area contributed by atoms with Crippen molar-refractivity contribution in [1.82, 2.24) is 15.2 Å². The van der Waals surface area contributed by atoms with Crippen LogP contribution >= 0.6 is 0 Å². The maximum atomic E-state index is 13.6. The van der Waals surface area contributed by atoms with Crippen molar-refractivity contribution in [3.05, 3.63) is 71.3 Å². The fraction of sp³-hybridized carbons (Fsp3) is 0.208. The van der Waals surface area contributed by atoms with Crippen LogP contribution in [0.2, 0.25) is 0 Å². The van der Waals surface area contributed by atoms with E-state index in [-0.39, 0.29) is 29.4 Å². The highest BCUT2D eigenvalue weighted by atomic mass is 19.4. The number of nitrogen functional groups attached to an aromatic ring is 1. The molecule has 1 atom stereocenters. The van der Waals surface area contributed by atoms with Gasteiger partial charge in [-0.25, -0.2) is 19.1 Å². The summed E-state index contributed by atoms with van der Waals surface area (Å²) in [6.45, 7) is 0.658. The summed E-state index contributed by atoms with van der Waals surface area (Å²) in [7, 11) is 0. The maximum Gasteiger partial charge on any atom is 0.416 e. The summed E-state index contributed by atoms with van der Waals surface area (Å²) in [4.78, 5) is 32.0. The van der Waals surface area contributed by atoms with E-state index in [2.05, 4.69) is 27.0 Å². The van der Waals surface area contributed by atoms with Crippen LogP contribution in [0.15, 0.2) is 48.5 Å². The fourth-order valence-electron chi connectivity index (χ4n) is 3.51. The molecule has 190 valence electrons. The Morgan fingerprint density at radius 1 is 1.19 bits per heavy atom. The Kier molecular flexibility index (Phi) is 6.92. The lowest BCUT2D eigenvalue weighted by Crippen LogP contribution is -2.48. The number of benzene rings is 1. The van der Waals surface area contributed by atoms with Gasteiger partial charge in [0.2, 0.25) is 0 Å². The van der Waals surface area contributed by atoms with Gasteiger partial charge in [-0.2, -0.15) is 13.2 Å². The molecule has 1 aromatic carbocycles. The van der Waals surface area contributed by atoms with Gasteiger partial charge >= 0.3 is 12.3 Å². The quantitative estimate of drug-likeness (QED) is 0.420. The maximum absolute atomic E-state index is 13.6. The first-order valence-corrected chi connectivity index (χ1v) is 10.7.